The molecule has 0 aromatic heterocycles. The van der Waals surface area contributed by atoms with Gasteiger partial charge in [-0.1, -0.05) is 30.3 Å². The number of carboxylic acids is 1. The van der Waals surface area contributed by atoms with Crippen molar-refractivity contribution < 1.29 is 24.3 Å². The molecule has 1 aromatic rings. The second-order valence-electron chi connectivity index (χ2n) is 4.56. The molecule has 0 aliphatic carbocycles. The second-order valence-corrected chi connectivity index (χ2v) is 5.55. The Kier molecular flexibility index (Phi) is 5.11. The summed E-state index contributed by atoms with van der Waals surface area (Å²) in [4.78, 5) is 47.3. The van der Waals surface area contributed by atoms with E-state index in [2.05, 4.69) is 0 Å². The summed E-state index contributed by atoms with van der Waals surface area (Å²) in [7, 11) is 0. The van der Waals surface area contributed by atoms with E-state index in [0.717, 1.165) is 11.0 Å². The zero-order valence-corrected chi connectivity index (χ0v) is 12.3. The van der Waals surface area contributed by atoms with E-state index in [4.69, 9.17) is 5.11 Å². The first kappa shape index (κ1) is 16.0. The van der Waals surface area contributed by atoms with Gasteiger partial charge in [-0.3, -0.25) is 24.1 Å². The molecular formula is C15H13NO5S. The fourth-order valence-corrected chi connectivity index (χ4v) is 2.72. The molecule has 1 aromatic carbocycles. The van der Waals surface area contributed by atoms with E-state index >= 15 is 0 Å². The standard InChI is InChI=1S/C15H13NO5S/c17-11(10-5-2-1-3-6-10)9-12-14(20)16(15(21)22-12)8-4-7-13(18)19/h1-3,5-6,9H,4,7-8H2,(H,18,19)/b12-9-. The number of carbonyl (C=O) groups is 4. The van der Waals surface area contributed by atoms with E-state index in [0.29, 0.717) is 17.3 Å². The highest BCUT2D eigenvalue weighted by Gasteiger charge is 2.35. The lowest BCUT2D eigenvalue weighted by atomic mass is 10.1. The molecule has 22 heavy (non-hydrogen) atoms. The van der Waals surface area contributed by atoms with Crippen LogP contribution in [0.5, 0.6) is 0 Å². The smallest absolute Gasteiger partial charge is 0.303 e. The van der Waals surface area contributed by atoms with Crippen LogP contribution in [0.3, 0.4) is 0 Å². The summed E-state index contributed by atoms with van der Waals surface area (Å²) in [6.07, 6.45) is 1.22. The fourth-order valence-electron chi connectivity index (χ4n) is 1.89. The van der Waals surface area contributed by atoms with Crippen LogP contribution in [0.15, 0.2) is 41.3 Å². The third kappa shape index (κ3) is 3.82. The highest BCUT2D eigenvalue weighted by atomic mass is 32.2. The van der Waals surface area contributed by atoms with Crippen molar-refractivity contribution in [2.45, 2.75) is 12.8 Å². The molecule has 1 heterocycles. The molecule has 1 aliphatic heterocycles. The molecule has 0 unspecified atom stereocenters. The van der Waals surface area contributed by atoms with Crippen LogP contribution in [0, 0.1) is 0 Å². The SMILES string of the molecule is O=C(O)CCCN1C(=O)S/C(=C\C(=O)c2ccccc2)C1=O. The van der Waals surface area contributed by atoms with Gasteiger partial charge in [0.05, 0.1) is 4.91 Å². The van der Waals surface area contributed by atoms with E-state index in [1.54, 1.807) is 30.3 Å². The lowest BCUT2D eigenvalue weighted by molar-refractivity contribution is -0.137. The molecule has 1 N–H and O–H groups in total. The van der Waals surface area contributed by atoms with Crippen molar-refractivity contribution in [2.75, 3.05) is 6.54 Å². The molecule has 0 atom stereocenters. The number of ketones is 1. The van der Waals surface area contributed by atoms with Crippen molar-refractivity contribution >= 4 is 34.7 Å². The number of allylic oxidation sites excluding steroid dienone is 1. The topological polar surface area (TPSA) is 91.8 Å². The Morgan fingerprint density at radius 1 is 1.18 bits per heavy atom. The molecule has 0 spiro atoms. The Morgan fingerprint density at radius 2 is 1.86 bits per heavy atom. The Labute approximate surface area is 130 Å². The van der Waals surface area contributed by atoms with Gasteiger partial charge in [-0.15, -0.1) is 0 Å². The Hall–Kier alpha value is -2.41. The molecule has 0 radical (unpaired) electrons. The first-order chi connectivity index (χ1) is 10.5. The molecule has 6 nitrogen and oxygen atoms in total. The number of hydrogen-bond acceptors (Lipinski definition) is 5. The van der Waals surface area contributed by atoms with Gasteiger partial charge in [0.1, 0.15) is 0 Å². The van der Waals surface area contributed by atoms with E-state index in [9.17, 15) is 19.2 Å². The van der Waals surface area contributed by atoms with Crippen LogP contribution in [0.1, 0.15) is 23.2 Å². The minimum atomic E-state index is -0.984. The predicted molar refractivity (Wildman–Crippen MR) is 80.4 cm³/mol. The van der Waals surface area contributed by atoms with Crippen molar-refractivity contribution in [3.63, 3.8) is 0 Å². The zero-order chi connectivity index (χ0) is 16.1. The first-order valence-electron chi connectivity index (χ1n) is 6.55. The van der Waals surface area contributed by atoms with Crippen LogP contribution in [-0.2, 0) is 9.59 Å². The van der Waals surface area contributed by atoms with Crippen LogP contribution in [0.2, 0.25) is 0 Å². The quantitative estimate of drug-likeness (QED) is 0.639. The molecular weight excluding hydrogens is 306 g/mol. The monoisotopic (exact) mass is 319 g/mol. The minimum Gasteiger partial charge on any atom is -0.481 e. The highest BCUT2D eigenvalue weighted by Crippen LogP contribution is 2.31. The van der Waals surface area contributed by atoms with E-state index in [1.165, 1.54) is 0 Å². The van der Waals surface area contributed by atoms with Gasteiger partial charge in [0.25, 0.3) is 11.1 Å². The van der Waals surface area contributed by atoms with Crippen molar-refractivity contribution in [1.29, 1.82) is 0 Å². The molecule has 0 saturated carbocycles. The molecule has 1 fully saturated rings. The number of carboxylic acid groups (broad SMARTS) is 1. The summed E-state index contributed by atoms with van der Waals surface area (Å²) < 4.78 is 0. The maximum absolute atomic E-state index is 12.1. The molecule has 114 valence electrons. The van der Waals surface area contributed by atoms with Gasteiger partial charge in [0.15, 0.2) is 5.78 Å². The lowest BCUT2D eigenvalue weighted by Gasteiger charge is -2.10. The summed E-state index contributed by atoms with van der Waals surface area (Å²) in [5.41, 5.74) is 0.431. The summed E-state index contributed by atoms with van der Waals surface area (Å²) in [5, 5.41) is 8.08. The van der Waals surface area contributed by atoms with Crippen molar-refractivity contribution in [3.8, 4) is 0 Å². The summed E-state index contributed by atoms with van der Waals surface area (Å²) >= 11 is 0.694. The maximum atomic E-state index is 12.1. The number of imide groups is 1. The largest absolute Gasteiger partial charge is 0.481 e. The van der Waals surface area contributed by atoms with Gasteiger partial charge in [0, 0.05) is 24.6 Å². The van der Waals surface area contributed by atoms with Crippen LogP contribution in [-0.4, -0.2) is 39.5 Å². The Balaban J connectivity index is 2.06. The van der Waals surface area contributed by atoms with Crippen LogP contribution in [0.4, 0.5) is 4.79 Å². The molecule has 0 bridgehead atoms. The van der Waals surface area contributed by atoms with Crippen LogP contribution < -0.4 is 0 Å². The molecule has 2 amide bonds. The molecule has 2 rings (SSSR count). The van der Waals surface area contributed by atoms with E-state index < -0.39 is 17.1 Å². The van der Waals surface area contributed by atoms with E-state index in [-0.39, 0.29) is 30.1 Å². The normalized spacial score (nSPS) is 16.4. The molecule has 1 aliphatic rings. The second kappa shape index (κ2) is 7.04. The number of rotatable bonds is 6. The van der Waals surface area contributed by atoms with Crippen molar-refractivity contribution in [1.82, 2.24) is 4.90 Å². The Bertz CT molecular complexity index is 653. The van der Waals surface area contributed by atoms with Gasteiger partial charge in [-0.2, -0.15) is 0 Å². The average Bonchev–Trinajstić information content (AvgIpc) is 2.75. The number of nitrogens with zero attached hydrogens (tertiary/aromatic N) is 1. The average molecular weight is 319 g/mol. The van der Waals surface area contributed by atoms with Gasteiger partial charge >= 0.3 is 5.97 Å². The summed E-state index contributed by atoms with van der Waals surface area (Å²) in [5.74, 6) is -1.89. The number of thioether (sulfide) groups is 1. The van der Waals surface area contributed by atoms with Gasteiger partial charge in [0.2, 0.25) is 0 Å². The lowest BCUT2D eigenvalue weighted by Crippen LogP contribution is -2.29. The molecule has 1 saturated heterocycles. The van der Waals surface area contributed by atoms with Crippen molar-refractivity contribution in [2.24, 2.45) is 0 Å². The fraction of sp³-hybridized carbons (Fsp3) is 0.200. The number of aliphatic carboxylic acids is 1. The summed E-state index contributed by atoms with van der Waals surface area (Å²) in [6.45, 7) is 0.0355. The van der Waals surface area contributed by atoms with Crippen molar-refractivity contribution in [3.05, 3.63) is 46.9 Å². The summed E-state index contributed by atoms with van der Waals surface area (Å²) in [6, 6.07) is 8.43. The van der Waals surface area contributed by atoms with E-state index in [1.807, 2.05) is 0 Å². The zero-order valence-electron chi connectivity index (χ0n) is 11.5. The number of hydrogen-bond donors (Lipinski definition) is 1. The van der Waals surface area contributed by atoms with Gasteiger partial charge in [-0.05, 0) is 18.2 Å². The first-order valence-corrected chi connectivity index (χ1v) is 7.37. The number of carbonyl (C=O) groups excluding carboxylic acids is 3. The third-order valence-electron chi connectivity index (χ3n) is 2.97. The Morgan fingerprint density at radius 3 is 2.50 bits per heavy atom. The maximum Gasteiger partial charge on any atom is 0.303 e. The highest BCUT2D eigenvalue weighted by molar-refractivity contribution is 8.18. The number of amides is 2. The predicted octanol–water partition coefficient (Wildman–Crippen LogP) is 2.31. The van der Waals surface area contributed by atoms with Crippen LogP contribution >= 0.6 is 11.8 Å². The molecule has 7 heteroatoms. The number of benzene rings is 1. The third-order valence-corrected chi connectivity index (χ3v) is 3.87. The van der Waals surface area contributed by atoms with Crippen LogP contribution in [0.25, 0.3) is 0 Å². The van der Waals surface area contributed by atoms with Gasteiger partial charge in [-0.25, -0.2) is 0 Å². The minimum absolute atomic E-state index is 0.0355. The van der Waals surface area contributed by atoms with Gasteiger partial charge < -0.3 is 5.11 Å².